The van der Waals surface area contributed by atoms with Crippen molar-refractivity contribution in [2.45, 2.75) is 6.42 Å². The fraction of sp³-hybridized carbons (Fsp3) is 0.0769. The molecule has 0 unspecified atom stereocenters. The molecule has 0 atom stereocenters. The van der Waals surface area contributed by atoms with Crippen LogP contribution in [0.15, 0.2) is 73.3 Å². The molecule has 0 aliphatic rings. The fourth-order valence-electron chi connectivity index (χ4n) is 3.93. The Labute approximate surface area is 199 Å². The van der Waals surface area contributed by atoms with Crippen LogP contribution in [0.2, 0.25) is 5.02 Å². The number of aromatic nitrogens is 3. The van der Waals surface area contributed by atoms with E-state index in [4.69, 9.17) is 22.1 Å². The quantitative estimate of drug-likeness (QED) is 0.334. The average Bonchev–Trinajstić information content (AvgIpc) is 3.26. The summed E-state index contributed by atoms with van der Waals surface area (Å²) in [6.07, 6.45) is 7.33. The lowest BCUT2D eigenvalue weighted by molar-refractivity contribution is 0.0914. The second-order valence-corrected chi connectivity index (χ2v) is 8.31. The van der Waals surface area contributed by atoms with Gasteiger partial charge in [0.15, 0.2) is 6.61 Å². The minimum absolute atomic E-state index is 0.190. The number of amides is 1. The molecule has 3 aromatic carbocycles. The summed E-state index contributed by atoms with van der Waals surface area (Å²) in [6.45, 7) is -0.242. The topological polar surface area (TPSA) is 111 Å². The van der Waals surface area contributed by atoms with Gasteiger partial charge >= 0.3 is 0 Å². The van der Waals surface area contributed by atoms with Crippen LogP contribution in [-0.2, 0) is 6.42 Å². The Balaban J connectivity index is 1.37. The van der Waals surface area contributed by atoms with E-state index < -0.39 is 5.91 Å². The summed E-state index contributed by atoms with van der Waals surface area (Å²) in [6, 6.07) is 14.5. The highest BCUT2D eigenvalue weighted by molar-refractivity contribution is 6.31. The molecule has 2 heterocycles. The first kappa shape index (κ1) is 21.6. The Hall–Kier alpha value is -4.23. The summed E-state index contributed by atoms with van der Waals surface area (Å²) < 4.78 is 5.76. The zero-order valence-corrected chi connectivity index (χ0v) is 18.7. The van der Waals surface area contributed by atoms with Gasteiger partial charge in [0.1, 0.15) is 5.75 Å². The minimum atomic E-state index is -0.646. The summed E-state index contributed by atoms with van der Waals surface area (Å²) in [7, 11) is 0. The molecule has 0 saturated heterocycles. The number of nitrogens with zero attached hydrogens (tertiary/aromatic N) is 2. The molecule has 8 heteroatoms. The van der Waals surface area contributed by atoms with E-state index in [1.54, 1.807) is 49.1 Å². The number of H-pyrrole nitrogens is 1. The van der Waals surface area contributed by atoms with Gasteiger partial charge in [-0.3, -0.25) is 19.6 Å². The van der Waals surface area contributed by atoms with Crippen LogP contribution in [0.3, 0.4) is 0 Å². The van der Waals surface area contributed by atoms with Gasteiger partial charge < -0.3 is 15.5 Å². The number of rotatable bonds is 7. The summed E-state index contributed by atoms with van der Waals surface area (Å²) in [5.74, 6) is -0.617. The number of hydrogen-bond donors (Lipinski definition) is 2. The van der Waals surface area contributed by atoms with Crippen LogP contribution in [0.5, 0.6) is 5.75 Å². The SMILES string of the molecule is NC(=O)c1cc2cc(Cl)ccc2cc1OCC(=O)c1c[nH]c2cc(Cc3cnccn3)ccc12. The van der Waals surface area contributed by atoms with Crippen molar-refractivity contribution in [3.05, 3.63) is 101 Å². The Morgan fingerprint density at radius 3 is 2.68 bits per heavy atom. The number of ether oxygens (including phenoxy) is 1. The Morgan fingerprint density at radius 1 is 1.00 bits per heavy atom. The summed E-state index contributed by atoms with van der Waals surface area (Å²) in [4.78, 5) is 36.5. The van der Waals surface area contributed by atoms with Crippen LogP contribution in [0, 0.1) is 0 Å². The average molecular weight is 471 g/mol. The molecule has 0 spiro atoms. The van der Waals surface area contributed by atoms with E-state index in [-0.39, 0.29) is 23.7 Å². The number of ketones is 1. The van der Waals surface area contributed by atoms with E-state index in [9.17, 15) is 9.59 Å². The maximum absolute atomic E-state index is 13.0. The molecule has 34 heavy (non-hydrogen) atoms. The number of primary amides is 1. The number of carbonyl (C=O) groups excluding carboxylic acids is 2. The standard InChI is InChI=1S/C26H19ClN4O3/c27-18-3-2-16-11-25(21(26(28)33)10-17(16)9-18)34-14-24(32)22-13-31-23-8-15(1-4-20(22)23)7-19-12-29-5-6-30-19/h1-6,8-13,31H,7,14H2,(H2,28,33). The summed E-state index contributed by atoms with van der Waals surface area (Å²) in [5, 5.41) is 2.92. The van der Waals surface area contributed by atoms with Crippen molar-refractivity contribution >= 4 is 45.0 Å². The Morgan fingerprint density at radius 2 is 1.88 bits per heavy atom. The minimum Gasteiger partial charge on any atom is -0.485 e. The normalized spacial score (nSPS) is 11.1. The van der Waals surface area contributed by atoms with Gasteiger partial charge in [-0.2, -0.15) is 0 Å². The molecule has 5 aromatic rings. The Kier molecular flexibility index (Phi) is 5.69. The molecule has 0 radical (unpaired) electrons. The van der Waals surface area contributed by atoms with Crippen LogP contribution in [0.1, 0.15) is 32.0 Å². The van der Waals surface area contributed by atoms with Gasteiger partial charge in [-0.15, -0.1) is 0 Å². The summed E-state index contributed by atoms with van der Waals surface area (Å²) >= 11 is 6.05. The van der Waals surface area contributed by atoms with Crippen LogP contribution in [0.25, 0.3) is 21.7 Å². The number of fused-ring (bicyclic) bond motifs is 2. The molecular formula is C26H19ClN4O3. The molecule has 2 aromatic heterocycles. The summed E-state index contributed by atoms with van der Waals surface area (Å²) in [5.41, 5.74) is 8.99. The molecule has 0 aliphatic heterocycles. The predicted molar refractivity (Wildman–Crippen MR) is 130 cm³/mol. The van der Waals surface area contributed by atoms with Crippen molar-refractivity contribution < 1.29 is 14.3 Å². The number of benzene rings is 3. The van der Waals surface area contributed by atoms with Gasteiger partial charge in [0.25, 0.3) is 5.91 Å². The highest BCUT2D eigenvalue weighted by Gasteiger charge is 2.17. The van der Waals surface area contributed by atoms with Crippen molar-refractivity contribution in [2.75, 3.05) is 6.61 Å². The maximum atomic E-state index is 13.0. The van der Waals surface area contributed by atoms with Gasteiger partial charge in [-0.25, -0.2) is 0 Å². The second-order valence-electron chi connectivity index (χ2n) is 7.87. The van der Waals surface area contributed by atoms with Gasteiger partial charge in [0, 0.05) is 52.7 Å². The van der Waals surface area contributed by atoms with E-state index in [0.29, 0.717) is 17.0 Å². The smallest absolute Gasteiger partial charge is 0.252 e. The number of nitrogens with one attached hydrogen (secondary N) is 1. The molecule has 0 saturated carbocycles. The fourth-order valence-corrected chi connectivity index (χ4v) is 4.11. The molecule has 7 nitrogen and oxygen atoms in total. The number of nitrogens with two attached hydrogens (primary N) is 1. The number of Topliss-reactive ketones (excluding diaryl/α,β-unsaturated/α-hetero) is 1. The first-order chi connectivity index (χ1) is 16.5. The number of carbonyl (C=O) groups is 2. The van der Waals surface area contributed by atoms with E-state index in [2.05, 4.69) is 15.0 Å². The zero-order valence-electron chi connectivity index (χ0n) is 17.9. The van der Waals surface area contributed by atoms with E-state index in [1.807, 2.05) is 24.3 Å². The van der Waals surface area contributed by atoms with Crippen molar-refractivity contribution in [2.24, 2.45) is 5.73 Å². The van der Waals surface area contributed by atoms with Crippen molar-refractivity contribution in [1.29, 1.82) is 0 Å². The van der Waals surface area contributed by atoms with Crippen LogP contribution >= 0.6 is 11.6 Å². The molecule has 5 rings (SSSR count). The maximum Gasteiger partial charge on any atom is 0.252 e. The van der Waals surface area contributed by atoms with Crippen molar-refractivity contribution in [3.63, 3.8) is 0 Å². The zero-order chi connectivity index (χ0) is 23.7. The largest absolute Gasteiger partial charge is 0.485 e. The molecule has 1 amide bonds. The third kappa shape index (κ3) is 4.33. The van der Waals surface area contributed by atoms with E-state index in [1.165, 1.54) is 0 Å². The van der Waals surface area contributed by atoms with Gasteiger partial charge in [-0.1, -0.05) is 29.8 Å². The van der Waals surface area contributed by atoms with Crippen molar-refractivity contribution in [3.8, 4) is 5.75 Å². The highest BCUT2D eigenvalue weighted by Crippen LogP contribution is 2.29. The lowest BCUT2D eigenvalue weighted by Gasteiger charge is -2.11. The van der Waals surface area contributed by atoms with Gasteiger partial charge in [0.05, 0.1) is 11.3 Å². The third-order valence-electron chi connectivity index (χ3n) is 5.57. The van der Waals surface area contributed by atoms with Crippen LogP contribution in [0.4, 0.5) is 0 Å². The van der Waals surface area contributed by atoms with Gasteiger partial charge in [-0.05, 0) is 46.7 Å². The molecule has 0 aliphatic carbocycles. The molecule has 0 bridgehead atoms. The van der Waals surface area contributed by atoms with E-state index in [0.717, 1.165) is 32.9 Å². The lowest BCUT2D eigenvalue weighted by Crippen LogP contribution is -2.16. The van der Waals surface area contributed by atoms with Crippen molar-refractivity contribution in [1.82, 2.24) is 15.0 Å². The molecule has 3 N–H and O–H groups in total. The number of aromatic amines is 1. The highest BCUT2D eigenvalue weighted by atomic mass is 35.5. The first-order valence-corrected chi connectivity index (χ1v) is 10.9. The monoisotopic (exact) mass is 470 g/mol. The third-order valence-corrected chi connectivity index (χ3v) is 5.81. The number of hydrogen-bond acceptors (Lipinski definition) is 5. The van der Waals surface area contributed by atoms with Crippen LogP contribution in [-0.4, -0.2) is 33.2 Å². The second kappa shape index (κ2) is 8.96. The van der Waals surface area contributed by atoms with Crippen LogP contribution < -0.4 is 10.5 Å². The molecule has 168 valence electrons. The number of halogens is 1. The van der Waals surface area contributed by atoms with E-state index >= 15 is 0 Å². The molecular weight excluding hydrogens is 452 g/mol. The first-order valence-electron chi connectivity index (χ1n) is 10.5. The van der Waals surface area contributed by atoms with Gasteiger partial charge in [0.2, 0.25) is 5.78 Å². The predicted octanol–water partition coefficient (Wildman–Crippen LogP) is 4.72. The lowest BCUT2D eigenvalue weighted by atomic mass is 10.0. The Bertz CT molecular complexity index is 1550. The molecule has 0 fully saturated rings.